The van der Waals surface area contributed by atoms with Crippen molar-refractivity contribution >= 4 is 28.4 Å². The lowest BCUT2D eigenvalue weighted by Gasteiger charge is -2.09. The second kappa shape index (κ2) is 7.51. The molecular weight excluding hydrogens is 388 g/mol. The molecule has 0 bridgehead atoms. The molecule has 0 radical (unpaired) electrons. The fourth-order valence-corrected chi connectivity index (χ4v) is 3.21. The Morgan fingerprint density at radius 2 is 1.87 bits per heavy atom. The summed E-state index contributed by atoms with van der Waals surface area (Å²) in [7, 11) is 1.82. The summed E-state index contributed by atoms with van der Waals surface area (Å²) >= 11 is 0. The number of nitrogens with zero attached hydrogens (tertiary/aromatic N) is 4. The fourth-order valence-electron chi connectivity index (χ4n) is 3.21. The molecule has 10 heteroatoms. The second-order valence-corrected chi connectivity index (χ2v) is 6.51. The molecule has 2 N–H and O–H groups in total. The van der Waals surface area contributed by atoms with Gasteiger partial charge < -0.3 is 9.13 Å². The lowest BCUT2D eigenvalue weighted by molar-refractivity contribution is -0.384. The molecule has 2 heterocycles. The van der Waals surface area contributed by atoms with Crippen LogP contribution in [0.15, 0.2) is 67.4 Å². The molecule has 0 aliphatic rings. The van der Waals surface area contributed by atoms with Crippen molar-refractivity contribution in [1.82, 2.24) is 25.0 Å². The van der Waals surface area contributed by atoms with Crippen LogP contribution < -0.4 is 10.9 Å². The van der Waals surface area contributed by atoms with Crippen LogP contribution in [-0.4, -0.2) is 30.9 Å². The molecule has 0 aliphatic carbocycles. The van der Waals surface area contributed by atoms with E-state index in [2.05, 4.69) is 15.8 Å². The number of aryl methyl sites for hydroxylation is 1. The molecule has 4 rings (SSSR count). The van der Waals surface area contributed by atoms with Gasteiger partial charge in [0.15, 0.2) is 0 Å². The van der Waals surface area contributed by atoms with Crippen LogP contribution in [0.4, 0.5) is 5.69 Å². The maximum atomic E-state index is 12.5. The molecule has 10 nitrogen and oxygen atoms in total. The molecule has 0 aliphatic heterocycles. The molecule has 0 saturated carbocycles. The first-order chi connectivity index (χ1) is 14.5. The third kappa shape index (κ3) is 3.37. The van der Waals surface area contributed by atoms with Crippen LogP contribution in [0.1, 0.15) is 20.7 Å². The van der Waals surface area contributed by atoms with Crippen molar-refractivity contribution in [2.45, 2.75) is 0 Å². The Morgan fingerprint density at radius 3 is 2.60 bits per heavy atom. The summed E-state index contributed by atoms with van der Waals surface area (Å²) < 4.78 is 3.28. The largest absolute Gasteiger partial charge is 0.350 e. The quantitative estimate of drug-likeness (QED) is 0.399. The van der Waals surface area contributed by atoms with Crippen molar-refractivity contribution in [3.63, 3.8) is 0 Å². The van der Waals surface area contributed by atoms with Crippen molar-refractivity contribution in [2.24, 2.45) is 7.05 Å². The van der Waals surface area contributed by atoms with Gasteiger partial charge in [-0.3, -0.25) is 30.6 Å². The minimum Gasteiger partial charge on any atom is -0.350 e. The number of amides is 2. The predicted molar refractivity (Wildman–Crippen MR) is 108 cm³/mol. The molecule has 0 spiro atoms. The highest BCUT2D eigenvalue weighted by atomic mass is 16.6. The zero-order valence-electron chi connectivity index (χ0n) is 15.8. The number of hydrazine groups is 1. The first-order valence-corrected chi connectivity index (χ1v) is 8.87. The number of rotatable bonds is 4. The van der Waals surface area contributed by atoms with Gasteiger partial charge in [0, 0.05) is 48.2 Å². The van der Waals surface area contributed by atoms with Gasteiger partial charge in [0.1, 0.15) is 5.69 Å². The van der Waals surface area contributed by atoms with Crippen molar-refractivity contribution in [3.8, 4) is 5.69 Å². The van der Waals surface area contributed by atoms with E-state index in [-0.39, 0.29) is 16.9 Å². The molecule has 2 aromatic heterocycles. The van der Waals surface area contributed by atoms with Gasteiger partial charge in [-0.05, 0) is 18.2 Å². The molecule has 4 aromatic rings. The number of imidazole rings is 1. The predicted octanol–water partition coefficient (Wildman–Crippen LogP) is 2.35. The highest BCUT2D eigenvalue weighted by Crippen LogP contribution is 2.24. The van der Waals surface area contributed by atoms with Crippen LogP contribution in [0.2, 0.25) is 0 Å². The Morgan fingerprint density at radius 1 is 1.10 bits per heavy atom. The van der Waals surface area contributed by atoms with Crippen LogP contribution in [0.3, 0.4) is 0 Å². The zero-order valence-corrected chi connectivity index (χ0v) is 15.8. The number of fused-ring (bicyclic) bond motifs is 1. The number of nitrogens with one attached hydrogen (secondary N) is 2. The van der Waals surface area contributed by atoms with Crippen molar-refractivity contribution in [2.75, 3.05) is 0 Å². The number of carbonyl (C=O) groups is 2. The highest BCUT2D eigenvalue weighted by Gasteiger charge is 2.20. The Balaban J connectivity index is 1.53. The van der Waals surface area contributed by atoms with Gasteiger partial charge in [-0.25, -0.2) is 4.98 Å². The summed E-state index contributed by atoms with van der Waals surface area (Å²) in [6.07, 6.45) is 6.14. The topological polar surface area (TPSA) is 124 Å². The monoisotopic (exact) mass is 404 g/mol. The van der Waals surface area contributed by atoms with Gasteiger partial charge in [0.2, 0.25) is 0 Å². The molecule has 0 unspecified atom stereocenters. The average Bonchev–Trinajstić information content (AvgIpc) is 3.40. The summed E-state index contributed by atoms with van der Waals surface area (Å²) in [4.78, 5) is 39.7. The highest BCUT2D eigenvalue weighted by molar-refractivity contribution is 6.08. The Kier molecular flexibility index (Phi) is 4.72. The smallest absolute Gasteiger partial charge is 0.294 e. The van der Waals surface area contributed by atoms with Crippen LogP contribution in [0.5, 0.6) is 0 Å². The number of aromatic nitrogens is 3. The number of nitro groups is 1. The third-order valence-electron chi connectivity index (χ3n) is 4.65. The molecule has 30 heavy (non-hydrogen) atoms. The molecule has 0 fully saturated rings. The Bertz CT molecular complexity index is 1280. The van der Waals surface area contributed by atoms with Gasteiger partial charge in [0.05, 0.1) is 16.8 Å². The van der Waals surface area contributed by atoms with Crippen LogP contribution >= 0.6 is 0 Å². The number of nitro benzene ring substituents is 1. The summed E-state index contributed by atoms with van der Waals surface area (Å²) in [5, 5.41) is 12.2. The maximum Gasteiger partial charge on any atom is 0.294 e. The van der Waals surface area contributed by atoms with Gasteiger partial charge >= 0.3 is 0 Å². The van der Waals surface area contributed by atoms with E-state index in [1.807, 2.05) is 35.9 Å². The minimum absolute atomic E-state index is 0.0313. The summed E-state index contributed by atoms with van der Waals surface area (Å²) in [6.45, 7) is 0. The number of carbonyl (C=O) groups excluding carboxylic acids is 2. The fraction of sp³-hybridized carbons (Fsp3) is 0.0500. The SMILES string of the molecule is Cn1cc(C(=O)NNC(=O)c2ccc(-n3ccnc3)c([N+](=O)[O-])c2)c2ccccc21. The van der Waals surface area contributed by atoms with E-state index < -0.39 is 16.7 Å². The molecule has 0 atom stereocenters. The molecule has 0 saturated heterocycles. The third-order valence-corrected chi connectivity index (χ3v) is 4.65. The van der Waals surface area contributed by atoms with E-state index in [4.69, 9.17) is 0 Å². The van der Waals surface area contributed by atoms with Crippen molar-refractivity contribution < 1.29 is 14.5 Å². The normalized spacial score (nSPS) is 10.7. The summed E-state index contributed by atoms with van der Waals surface area (Å²) in [6, 6.07) is 11.4. The summed E-state index contributed by atoms with van der Waals surface area (Å²) in [5.41, 5.74) is 5.97. The zero-order chi connectivity index (χ0) is 21.3. The number of para-hydroxylation sites is 1. The van der Waals surface area contributed by atoms with E-state index in [1.165, 1.54) is 29.2 Å². The van der Waals surface area contributed by atoms with Gasteiger partial charge in [-0.2, -0.15) is 0 Å². The number of hydrogen-bond donors (Lipinski definition) is 2. The van der Waals surface area contributed by atoms with Crippen molar-refractivity contribution in [3.05, 3.63) is 88.6 Å². The minimum atomic E-state index is -0.677. The van der Waals surface area contributed by atoms with E-state index in [1.54, 1.807) is 12.4 Å². The maximum absolute atomic E-state index is 12.5. The molecule has 2 amide bonds. The second-order valence-electron chi connectivity index (χ2n) is 6.51. The van der Waals surface area contributed by atoms with Gasteiger partial charge in [-0.15, -0.1) is 0 Å². The molecule has 2 aromatic carbocycles. The Hall–Kier alpha value is -4.47. The van der Waals surface area contributed by atoms with Crippen LogP contribution in [-0.2, 0) is 7.05 Å². The average molecular weight is 404 g/mol. The van der Waals surface area contributed by atoms with E-state index in [0.717, 1.165) is 17.0 Å². The molecule has 150 valence electrons. The van der Waals surface area contributed by atoms with Crippen LogP contribution in [0, 0.1) is 10.1 Å². The van der Waals surface area contributed by atoms with Gasteiger partial charge in [-0.1, -0.05) is 18.2 Å². The van der Waals surface area contributed by atoms with E-state index in [0.29, 0.717) is 5.56 Å². The van der Waals surface area contributed by atoms with E-state index >= 15 is 0 Å². The number of hydrogen-bond acceptors (Lipinski definition) is 5. The standard InChI is InChI=1S/C20H16N6O4/c1-24-11-15(14-4-2-3-5-16(14)24)20(28)23-22-19(27)13-6-7-17(18(10-13)26(29)30)25-9-8-21-12-25/h2-12H,1H3,(H,22,27)(H,23,28). The lowest BCUT2D eigenvalue weighted by Crippen LogP contribution is -2.41. The van der Waals surface area contributed by atoms with Crippen molar-refractivity contribution in [1.29, 1.82) is 0 Å². The molecular formula is C20H16N6O4. The Labute approximate surface area is 169 Å². The van der Waals surface area contributed by atoms with Gasteiger partial charge in [0.25, 0.3) is 17.5 Å². The first kappa shape index (κ1) is 18.9. The van der Waals surface area contributed by atoms with E-state index in [9.17, 15) is 19.7 Å². The number of benzene rings is 2. The lowest BCUT2D eigenvalue weighted by atomic mass is 10.1. The summed E-state index contributed by atoms with van der Waals surface area (Å²) in [5.74, 6) is -1.17. The first-order valence-electron chi connectivity index (χ1n) is 8.87. The van der Waals surface area contributed by atoms with Crippen LogP contribution in [0.25, 0.3) is 16.6 Å².